The molecule has 0 saturated heterocycles. The third-order valence-corrected chi connectivity index (χ3v) is 5.97. The molecule has 7 nitrogen and oxygen atoms in total. The highest BCUT2D eigenvalue weighted by Crippen LogP contribution is 2.22. The van der Waals surface area contributed by atoms with Gasteiger partial charge >= 0.3 is 0 Å². The number of benzene rings is 2. The van der Waals surface area contributed by atoms with Gasteiger partial charge in [0.2, 0.25) is 5.95 Å². The van der Waals surface area contributed by atoms with Crippen LogP contribution in [-0.2, 0) is 13.0 Å². The topological polar surface area (TPSA) is 76.5 Å². The maximum absolute atomic E-state index is 13.2. The molecule has 32 heavy (non-hydrogen) atoms. The lowest BCUT2D eigenvalue weighted by atomic mass is 10.1. The van der Waals surface area contributed by atoms with Crippen molar-refractivity contribution < 1.29 is 9.63 Å². The van der Waals surface area contributed by atoms with Crippen LogP contribution in [0.5, 0.6) is 0 Å². The Hall–Kier alpha value is -3.03. The third-order valence-electron chi connectivity index (χ3n) is 5.47. The fourth-order valence-electron chi connectivity index (χ4n) is 3.70. The Labute approximate surface area is 195 Å². The Kier molecular flexibility index (Phi) is 6.39. The molecule has 1 N–H and O–H groups in total. The molecular formula is C23H22Cl2N4O3. The van der Waals surface area contributed by atoms with Gasteiger partial charge in [0.25, 0.3) is 11.5 Å². The third kappa shape index (κ3) is 4.45. The molecule has 0 aliphatic carbocycles. The first kappa shape index (κ1) is 22.2. The summed E-state index contributed by atoms with van der Waals surface area (Å²) < 4.78 is 1.13. The Morgan fingerprint density at radius 1 is 1.09 bits per heavy atom. The number of anilines is 1. The number of fused-ring (bicyclic) bond motifs is 1. The number of hydrogen-bond donors (Lipinski definition) is 1. The van der Waals surface area contributed by atoms with Crippen molar-refractivity contribution in [3.63, 3.8) is 0 Å². The highest BCUT2D eigenvalue weighted by atomic mass is 35.5. The second kappa shape index (κ2) is 9.22. The molecule has 1 aliphatic rings. The molecule has 1 aliphatic heterocycles. The summed E-state index contributed by atoms with van der Waals surface area (Å²) in [6.07, 6.45) is 0.471. The molecule has 0 bridgehead atoms. The van der Waals surface area contributed by atoms with Gasteiger partial charge in [0.15, 0.2) is 0 Å². The van der Waals surface area contributed by atoms with Crippen LogP contribution in [0, 0.1) is 0 Å². The molecule has 1 amide bonds. The predicted octanol–water partition coefficient (Wildman–Crippen LogP) is 3.98. The molecule has 0 unspecified atom stereocenters. The number of nitrogens with zero attached hydrogens (tertiary/aromatic N) is 3. The van der Waals surface area contributed by atoms with E-state index in [4.69, 9.17) is 28.0 Å². The minimum Gasteiger partial charge on any atom is -0.411 e. The Balaban J connectivity index is 1.60. The fraction of sp³-hybridized carbons (Fsp3) is 0.261. The average molecular weight is 473 g/mol. The van der Waals surface area contributed by atoms with Crippen LogP contribution in [0.15, 0.2) is 53.3 Å². The summed E-state index contributed by atoms with van der Waals surface area (Å²) in [5, 5.41) is 4.46. The molecule has 166 valence electrons. The minimum atomic E-state index is -0.336. The first-order chi connectivity index (χ1) is 15.4. The number of hydrogen-bond acceptors (Lipinski definition) is 5. The van der Waals surface area contributed by atoms with E-state index in [0.717, 1.165) is 10.3 Å². The number of aromatic nitrogens is 2. The van der Waals surface area contributed by atoms with Crippen LogP contribution in [0.1, 0.15) is 40.1 Å². The highest BCUT2D eigenvalue weighted by Gasteiger charge is 2.27. The normalized spacial score (nSPS) is 13.9. The molecule has 1 aromatic heterocycles. The van der Waals surface area contributed by atoms with E-state index in [9.17, 15) is 9.59 Å². The van der Waals surface area contributed by atoms with Gasteiger partial charge in [0.1, 0.15) is 7.11 Å². The quantitative estimate of drug-likeness (QED) is 0.607. The van der Waals surface area contributed by atoms with Crippen LogP contribution in [0.3, 0.4) is 0 Å². The number of carbonyl (C=O) groups is 1. The van der Waals surface area contributed by atoms with Gasteiger partial charge in [-0.15, -0.1) is 4.73 Å². The summed E-state index contributed by atoms with van der Waals surface area (Å²) in [5.74, 6) is 0.158. The van der Waals surface area contributed by atoms with Crippen LogP contribution >= 0.6 is 23.2 Å². The van der Waals surface area contributed by atoms with E-state index >= 15 is 0 Å². The average Bonchev–Trinajstić information content (AvgIpc) is 2.79. The number of nitrogens with one attached hydrogen (secondary N) is 1. The van der Waals surface area contributed by atoms with Crippen molar-refractivity contribution in [2.75, 3.05) is 19.0 Å². The summed E-state index contributed by atoms with van der Waals surface area (Å²) in [5.41, 5.74) is 2.29. The Bertz CT molecular complexity index is 1190. The molecular weight excluding hydrogens is 451 g/mol. The summed E-state index contributed by atoms with van der Waals surface area (Å²) in [6, 6.07) is 14.0. The van der Waals surface area contributed by atoms with Crippen LogP contribution < -0.4 is 15.7 Å². The van der Waals surface area contributed by atoms with E-state index < -0.39 is 0 Å². The molecule has 2 aromatic carbocycles. The Morgan fingerprint density at radius 2 is 1.72 bits per heavy atom. The lowest BCUT2D eigenvalue weighted by Crippen LogP contribution is -2.42. The molecule has 0 saturated carbocycles. The maximum Gasteiger partial charge on any atom is 0.293 e. The molecule has 2 heterocycles. The first-order valence-electron chi connectivity index (χ1n) is 10.1. The van der Waals surface area contributed by atoms with Gasteiger partial charge in [0, 0.05) is 28.6 Å². The monoisotopic (exact) mass is 472 g/mol. The van der Waals surface area contributed by atoms with Crippen molar-refractivity contribution >= 4 is 35.1 Å². The lowest BCUT2D eigenvalue weighted by Gasteiger charge is -2.29. The van der Waals surface area contributed by atoms with E-state index in [1.54, 1.807) is 29.2 Å². The maximum atomic E-state index is 13.2. The largest absolute Gasteiger partial charge is 0.411 e. The minimum absolute atomic E-state index is 0.134. The fourth-order valence-corrected chi connectivity index (χ4v) is 3.95. The molecule has 3 aromatic rings. The van der Waals surface area contributed by atoms with E-state index in [-0.39, 0.29) is 24.1 Å². The predicted molar refractivity (Wildman–Crippen MR) is 124 cm³/mol. The van der Waals surface area contributed by atoms with Crippen LogP contribution in [-0.4, -0.2) is 34.2 Å². The van der Waals surface area contributed by atoms with Gasteiger partial charge in [-0.1, -0.05) is 35.3 Å². The van der Waals surface area contributed by atoms with Crippen molar-refractivity contribution in [3.8, 4) is 0 Å². The van der Waals surface area contributed by atoms with Crippen molar-refractivity contribution in [1.82, 2.24) is 14.6 Å². The number of halogens is 2. The summed E-state index contributed by atoms with van der Waals surface area (Å²) in [7, 11) is 1.41. The molecule has 0 fully saturated rings. The number of carbonyl (C=O) groups excluding carboxylic acids is 1. The van der Waals surface area contributed by atoms with Crippen molar-refractivity contribution in [1.29, 1.82) is 0 Å². The van der Waals surface area contributed by atoms with Gasteiger partial charge in [-0.2, -0.15) is 0 Å². The number of amides is 1. The summed E-state index contributed by atoms with van der Waals surface area (Å²) in [6.45, 7) is 2.59. The second-order valence-electron chi connectivity index (χ2n) is 7.54. The molecule has 0 radical (unpaired) electrons. The van der Waals surface area contributed by atoms with Crippen molar-refractivity contribution in [2.24, 2.45) is 0 Å². The molecule has 4 rings (SSSR count). The van der Waals surface area contributed by atoms with Gasteiger partial charge in [-0.25, -0.2) is 4.98 Å². The zero-order valence-corrected chi connectivity index (χ0v) is 19.2. The van der Waals surface area contributed by atoms with Crippen LogP contribution in [0.4, 0.5) is 5.95 Å². The standard InChI is InChI=1S/C23H22Cl2N4O3/c1-14(15-3-7-17(24)8-4-15)26-23-27-20-11-12-28(13-19(20)22(31)29(23)32-2)21(30)16-5-9-18(25)10-6-16/h3-10,14H,11-13H2,1-2H3,(H,26,27)/t14-/m1/s1. The van der Waals surface area contributed by atoms with Crippen LogP contribution in [0.2, 0.25) is 10.0 Å². The second-order valence-corrected chi connectivity index (χ2v) is 8.42. The first-order valence-corrected chi connectivity index (χ1v) is 10.9. The lowest BCUT2D eigenvalue weighted by molar-refractivity contribution is 0.0728. The van der Waals surface area contributed by atoms with Gasteiger partial charge in [0.05, 0.1) is 23.8 Å². The highest BCUT2D eigenvalue weighted by molar-refractivity contribution is 6.30. The zero-order chi connectivity index (χ0) is 22.8. The van der Waals surface area contributed by atoms with Crippen molar-refractivity contribution in [2.45, 2.75) is 25.9 Å². The smallest absolute Gasteiger partial charge is 0.293 e. The van der Waals surface area contributed by atoms with E-state index in [1.165, 1.54) is 7.11 Å². The SMILES string of the molecule is COn1c(N[C@H](C)c2ccc(Cl)cc2)nc2c(c1=O)CN(C(=O)c1ccc(Cl)cc1)CC2. The van der Waals surface area contributed by atoms with Crippen LogP contribution in [0.25, 0.3) is 0 Å². The van der Waals surface area contributed by atoms with Crippen molar-refractivity contribution in [3.05, 3.63) is 91.3 Å². The zero-order valence-electron chi connectivity index (χ0n) is 17.6. The molecule has 0 spiro atoms. The number of rotatable bonds is 5. The molecule has 1 atom stereocenters. The summed E-state index contributed by atoms with van der Waals surface area (Å²) >= 11 is 11.9. The molecule has 9 heteroatoms. The van der Waals surface area contributed by atoms with E-state index in [2.05, 4.69) is 10.3 Å². The van der Waals surface area contributed by atoms with E-state index in [1.807, 2.05) is 31.2 Å². The van der Waals surface area contributed by atoms with E-state index in [0.29, 0.717) is 45.8 Å². The Morgan fingerprint density at radius 3 is 2.34 bits per heavy atom. The summed E-state index contributed by atoms with van der Waals surface area (Å²) in [4.78, 5) is 37.7. The van der Waals surface area contributed by atoms with Gasteiger partial charge < -0.3 is 15.1 Å². The van der Waals surface area contributed by atoms with Gasteiger partial charge in [-0.05, 0) is 48.9 Å². The van der Waals surface area contributed by atoms with Gasteiger partial charge in [-0.3, -0.25) is 9.59 Å².